The Morgan fingerprint density at radius 2 is 1.68 bits per heavy atom. The molecule has 2 aliphatic heterocycles. The molecule has 0 bridgehead atoms. The monoisotopic (exact) mass is 447 g/mol. The highest BCUT2D eigenvalue weighted by Gasteiger charge is 2.26. The first-order chi connectivity index (χ1) is 14.9. The van der Waals surface area contributed by atoms with Crippen LogP contribution < -0.4 is 9.64 Å². The Morgan fingerprint density at radius 3 is 2.26 bits per heavy atom. The van der Waals surface area contributed by atoms with Crippen LogP contribution in [0, 0.1) is 11.7 Å². The number of rotatable bonds is 6. The normalized spacial score (nSPS) is 19.5. The zero-order chi connectivity index (χ0) is 21.8. The molecule has 2 saturated heterocycles. The van der Waals surface area contributed by atoms with Crippen molar-refractivity contribution >= 4 is 15.8 Å². The maximum Gasteiger partial charge on any atom is 0.211 e. The summed E-state index contributed by atoms with van der Waals surface area (Å²) in [5.74, 6) is 2.30. The Labute approximate surface area is 184 Å². The lowest BCUT2D eigenvalue weighted by atomic mass is 9.90. The van der Waals surface area contributed by atoms with Crippen molar-refractivity contribution in [2.24, 2.45) is 5.92 Å². The molecule has 2 aromatic rings. The average molecular weight is 448 g/mol. The number of ether oxygens (including phenoxy) is 1. The highest BCUT2D eigenvalue weighted by atomic mass is 32.2. The highest BCUT2D eigenvalue weighted by Crippen LogP contribution is 2.30. The van der Waals surface area contributed by atoms with E-state index in [1.807, 2.05) is 12.1 Å². The van der Waals surface area contributed by atoms with Gasteiger partial charge in [0.2, 0.25) is 10.0 Å². The summed E-state index contributed by atoms with van der Waals surface area (Å²) in [6.45, 7) is 3.67. The third kappa shape index (κ3) is 5.74. The van der Waals surface area contributed by atoms with Gasteiger partial charge in [0.15, 0.2) is 0 Å². The predicted octanol–water partition coefficient (Wildman–Crippen LogP) is 3.66. The molecule has 0 aliphatic carbocycles. The second kappa shape index (κ2) is 9.53. The van der Waals surface area contributed by atoms with E-state index in [0.29, 0.717) is 31.5 Å². The van der Waals surface area contributed by atoms with E-state index in [4.69, 9.17) is 4.74 Å². The Hall–Kier alpha value is -2.19. The van der Waals surface area contributed by atoms with Crippen molar-refractivity contribution in [1.82, 2.24) is 9.29 Å². The lowest BCUT2D eigenvalue weighted by molar-refractivity contribution is 0.222. The van der Waals surface area contributed by atoms with Gasteiger partial charge in [-0.1, -0.05) is 12.1 Å². The van der Waals surface area contributed by atoms with Crippen molar-refractivity contribution < 1.29 is 17.5 Å². The molecule has 168 valence electrons. The van der Waals surface area contributed by atoms with Gasteiger partial charge in [-0.25, -0.2) is 22.1 Å². The van der Waals surface area contributed by atoms with Crippen LogP contribution in [0.4, 0.5) is 10.2 Å². The molecular weight excluding hydrogens is 417 g/mol. The zero-order valence-electron chi connectivity index (χ0n) is 17.9. The zero-order valence-corrected chi connectivity index (χ0v) is 18.7. The minimum absolute atomic E-state index is 0.308. The van der Waals surface area contributed by atoms with Gasteiger partial charge in [-0.05, 0) is 67.3 Å². The van der Waals surface area contributed by atoms with Crippen LogP contribution in [0.5, 0.6) is 5.75 Å². The lowest BCUT2D eigenvalue weighted by Gasteiger charge is -2.32. The maximum absolute atomic E-state index is 13.0. The van der Waals surface area contributed by atoms with Gasteiger partial charge in [-0.3, -0.25) is 0 Å². The number of hydrogen-bond donors (Lipinski definition) is 0. The van der Waals surface area contributed by atoms with Crippen molar-refractivity contribution in [3.8, 4) is 5.75 Å². The molecule has 0 saturated carbocycles. The molecule has 3 heterocycles. The molecule has 2 fully saturated rings. The number of halogens is 1. The summed E-state index contributed by atoms with van der Waals surface area (Å²) in [7, 11) is -3.09. The van der Waals surface area contributed by atoms with Crippen LogP contribution in [0.1, 0.15) is 37.2 Å². The number of benzene rings is 1. The smallest absolute Gasteiger partial charge is 0.211 e. The van der Waals surface area contributed by atoms with Crippen molar-refractivity contribution in [3.05, 3.63) is 54.0 Å². The van der Waals surface area contributed by atoms with Crippen molar-refractivity contribution in [1.29, 1.82) is 0 Å². The van der Waals surface area contributed by atoms with Crippen LogP contribution in [-0.4, -0.2) is 56.7 Å². The summed E-state index contributed by atoms with van der Waals surface area (Å²) in [5, 5.41) is 0. The fourth-order valence-corrected chi connectivity index (χ4v) is 5.33. The first-order valence-corrected chi connectivity index (χ1v) is 12.8. The number of hydrogen-bond acceptors (Lipinski definition) is 5. The van der Waals surface area contributed by atoms with Gasteiger partial charge in [0.1, 0.15) is 17.4 Å². The van der Waals surface area contributed by atoms with Gasteiger partial charge in [0.25, 0.3) is 0 Å². The average Bonchev–Trinajstić information content (AvgIpc) is 2.78. The number of pyridine rings is 1. The van der Waals surface area contributed by atoms with E-state index < -0.39 is 10.0 Å². The molecule has 0 amide bonds. The molecule has 0 radical (unpaired) electrons. The highest BCUT2D eigenvalue weighted by molar-refractivity contribution is 7.88. The number of piperidine rings is 2. The molecule has 0 spiro atoms. The maximum atomic E-state index is 13.0. The quantitative estimate of drug-likeness (QED) is 0.676. The molecule has 2 aliphatic rings. The molecular formula is C23H30FN3O3S. The number of aromatic nitrogens is 1. The summed E-state index contributed by atoms with van der Waals surface area (Å²) in [6.07, 6.45) is 6.31. The van der Waals surface area contributed by atoms with E-state index in [-0.39, 0.29) is 5.82 Å². The standard InChI is InChI=1S/C23H30FN3O3S/c1-31(28,29)27-14-10-20(11-15-27)19-2-5-22(6-3-19)30-17-18-8-12-26(13-9-18)23-7-4-21(24)16-25-23/h2-7,16,18,20H,8-15,17H2,1H3. The third-order valence-corrected chi connectivity index (χ3v) is 7.71. The summed E-state index contributed by atoms with van der Waals surface area (Å²) >= 11 is 0. The van der Waals surface area contributed by atoms with E-state index in [2.05, 4.69) is 22.0 Å². The molecule has 1 aromatic heterocycles. The molecule has 0 atom stereocenters. The largest absolute Gasteiger partial charge is 0.493 e. The SMILES string of the molecule is CS(=O)(=O)N1CCC(c2ccc(OCC3CCN(c4ccc(F)cn4)CC3)cc2)CC1. The third-order valence-electron chi connectivity index (χ3n) is 6.41. The molecule has 31 heavy (non-hydrogen) atoms. The Balaban J connectivity index is 1.22. The van der Waals surface area contributed by atoms with E-state index in [1.165, 1.54) is 24.1 Å². The molecule has 8 heteroatoms. The van der Waals surface area contributed by atoms with Gasteiger partial charge >= 0.3 is 0 Å². The van der Waals surface area contributed by atoms with Gasteiger partial charge in [-0.2, -0.15) is 0 Å². The Morgan fingerprint density at radius 1 is 1.00 bits per heavy atom. The Kier molecular flexibility index (Phi) is 6.77. The van der Waals surface area contributed by atoms with E-state index in [1.54, 1.807) is 10.4 Å². The van der Waals surface area contributed by atoms with Crippen LogP contribution in [0.3, 0.4) is 0 Å². The van der Waals surface area contributed by atoms with Gasteiger partial charge in [0, 0.05) is 26.2 Å². The van der Waals surface area contributed by atoms with E-state index in [0.717, 1.165) is 50.3 Å². The second-order valence-corrected chi connectivity index (χ2v) is 10.6. The molecule has 1 aromatic carbocycles. The second-order valence-electron chi connectivity index (χ2n) is 8.58. The van der Waals surface area contributed by atoms with Crippen LogP contribution in [0.15, 0.2) is 42.6 Å². The van der Waals surface area contributed by atoms with E-state index >= 15 is 0 Å². The Bertz CT molecular complexity index is 951. The minimum atomic E-state index is -3.09. The number of anilines is 1. The van der Waals surface area contributed by atoms with Gasteiger partial charge < -0.3 is 9.64 Å². The molecule has 0 unspecified atom stereocenters. The van der Waals surface area contributed by atoms with Crippen LogP contribution in [-0.2, 0) is 10.0 Å². The first kappa shape index (κ1) is 22.0. The van der Waals surface area contributed by atoms with Crippen LogP contribution >= 0.6 is 0 Å². The predicted molar refractivity (Wildman–Crippen MR) is 119 cm³/mol. The number of sulfonamides is 1. The fourth-order valence-electron chi connectivity index (χ4n) is 4.45. The summed E-state index contributed by atoms with van der Waals surface area (Å²) in [4.78, 5) is 6.36. The summed E-state index contributed by atoms with van der Waals surface area (Å²) in [6, 6.07) is 11.5. The minimum Gasteiger partial charge on any atom is -0.493 e. The summed E-state index contributed by atoms with van der Waals surface area (Å²) in [5.41, 5.74) is 1.25. The number of nitrogens with zero attached hydrogens (tertiary/aromatic N) is 3. The van der Waals surface area contributed by atoms with Gasteiger partial charge in [-0.15, -0.1) is 0 Å². The lowest BCUT2D eigenvalue weighted by Crippen LogP contribution is -2.37. The summed E-state index contributed by atoms with van der Waals surface area (Å²) < 4.78 is 44.0. The van der Waals surface area contributed by atoms with Crippen molar-refractivity contribution in [2.45, 2.75) is 31.6 Å². The molecule has 0 N–H and O–H groups in total. The first-order valence-electron chi connectivity index (χ1n) is 10.9. The van der Waals surface area contributed by atoms with Crippen LogP contribution in [0.2, 0.25) is 0 Å². The van der Waals surface area contributed by atoms with E-state index in [9.17, 15) is 12.8 Å². The van der Waals surface area contributed by atoms with Crippen molar-refractivity contribution in [3.63, 3.8) is 0 Å². The van der Waals surface area contributed by atoms with Crippen LogP contribution in [0.25, 0.3) is 0 Å². The molecule has 6 nitrogen and oxygen atoms in total. The topological polar surface area (TPSA) is 62.7 Å². The van der Waals surface area contributed by atoms with Crippen molar-refractivity contribution in [2.75, 3.05) is 43.9 Å². The molecule has 4 rings (SSSR count). The van der Waals surface area contributed by atoms with Gasteiger partial charge in [0.05, 0.1) is 19.1 Å². The fraction of sp³-hybridized carbons (Fsp3) is 0.522.